The van der Waals surface area contributed by atoms with E-state index in [1.54, 1.807) is 42.5 Å². The van der Waals surface area contributed by atoms with Crippen molar-refractivity contribution in [3.63, 3.8) is 0 Å². The first-order valence-corrected chi connectivity index (χ1v) is 10.0. The van der Waals surface area contributed by atoms with Gasteiger partial charge in [-0.25, -0.2) is 0 Å². The summed E-state index contributed by atoms with van der Waals surface area (Å²) in [4.78, 5) is 24.7. The summed E-state index contributed by atoms with van der Waals surface area (Å²) in [5, 5.41) is 16.1. The summed E-state index contributed by atoms with van der Waals surface area (Å²) in [5.41, 5.74) is 2.89. The average molecular weight is 430 g/mol. The molecule has 0 saturated carbocycles. The van der Waals surface area contributed by atoms with E-state index in [1.807, 2.05) is 24.3 Å². The highest BCUT2D eigenvalue weighted by Crippen LogP contribution is 2.26. The Morgan fingerprint density at radius 3 is 2.47 bits per heavy atom. The third-order valence-electron chi connectivity index (χ3n) is 4.96. The number of phenolic OH excluding ortho intramolecular Hbond substituents is 1. The summed E-state index contributed by atoms with van der Waals surface area (Å²) in [7, 11) is 1.47. The number of fused-ring (bicyclic) bond motifs is 1. The second-order valence-electron chi connectivity index (χ2n) is 7.26. The maximum atomic E-state index is 12.4. The minimum Gasteiger partial charge on any atom is -0.504 e. The summed E-state index contributed by atoms with van der Waals surface area (Å²) >= 11 is 0. The van der Waals surface area contributed by atoms with Gasteiger partial charge < -0.3 is 24.9 Å². The number of ether oxygens (including phenoxy) is 1. The maximum Gasteiger partial charge on any atom is 0.291 e. The third kappa shape index (κ3) is 4.89. The molecule has 0 bridgehead atoms. The Kier molecular flexibility index (Phi) is 6.07. The second-order valence-corrected chi connectivity index (χ2v) is 7.26. The molecule has 7 heteroatoms. The van der Waals surface area contributed by atoms with E-state index in [1.165, 1.54) is 13.2 Å². The number of para-hydroxylation sites is 1. The molecule has 0 aliphatic heterocycles. The normalized spacial score (nSPS) is 10.7. The van der Waals surface area contributed by atoms with Gasteiger partial charge in [-0.05, 0) is 47.5 Å². The van der Waals surface area contributed by atoms with E-state index in [4.69, 9.17) is 9.15 Å². The van der Waals surface area contributed by atoms with Crippen LogP contribution in [0.2, 0.25) is 0 Å². The molecule has 4 aromatic rings. The van der Waals surface area contributed by atoms with E-state index in [2.05, 4.69) is 10.6 Å². The van der Waals surface area contributed by atoms with Crippen LogP contribution in [0.5, 0.6) is 11.5 Å². The molecule has 32 heavy (non-hydrogen) atoms. The number of amides is 2. The van der Waals surface area contributed by atoms with Crippen LogP contribution in [0, 0.1) is 0 Å². The lowest BCUT2D eigenvalue weighted by Crippen LogP contribution is -2.24. The second kappa shape index (κ2) is 9.26. The molecule has 1 aromatic heterocycles. The van der Waals surface area contributed by atoms with Crippen molar-refractivity contribution >= 4 is 28.5 Å². The van der Waals surface area contributed by atoms with Crippen molar-refractivity contribution < 1.29 is 23.8 Å². The third-order valence-corrected chi connectivity index (χ3v) is 4.96. The number of benzene rings is 3. The molecule has 3 N–H and O–H groups in total. The largest absolute Gasteiger partial charge is 0.504 e. The highest BCUT2D eigenvalue weighted by atomic mass is 16.5. The zero-order valence-corrected chi connectivity index (χ0v) is 17.4. The molecule has 0 aliphatic rings. The minimum absolute atomic E-state index is 0.0510. The van der Waals surface area contributed by atoms with E-state index in [0.29, 0.717) is 23.6 Å². The Hall–Kier alpha value is -4.26. The van der Waals surface area contributed by atoms with Gasteiger partial charge in [0.2, 0.25) is 5.91 Å². The van der Waals surface area contributed by atoms with Gasteiger partial charge in [0.15, 0.2) is 17.3 Å². The Balaban J connectivity index is 1.31. The van der Waals surface area contributed by atoms with Crippen molar-refractivity contribution in [2.24, 2.45) is 0 Å². The number of aromatic hydroxyl groups is 1. The number of rotatable bonds is 7. The molecule has 4 rings (SSSR count). The van der Waals surface area contributed by atoms with Crippen molar-refractivity contribution in [1.82, 2.24) is 5.32 Å². The molecule has 0 aliphatic carbocycles. The van der Waals surface area contributed by atoms with E-state index in [-0.39, 0.29) is 29.7 Å². The quantitative estimate of drug-likeness (QED) is 0.407. The van der Waals surface area contributed by atoms with Crippen LogP contribution < -0.4 is 15.4 Å². The first kappa shape index (κ1) is 21.0. The van der Waals surface area contributed by atoms with Gasteiger partial charge in [-0.15, -0.1) is 0 Å². The average Bonchev–Trinajstić information content (AvgIpc) is 3.24. The van der Waals surface area contributed by atoms with E-state index >= 15 is 0 Å². The topological polar surface area (TPSA) is 101 Å². The van der Waals surface area contributed by atoms with Crippen LogP contribution in [0.15, 0.2) is 77.2 Å². The lowest BCUT2D eigenvalue weighted by Gasteiger charge is -2.09. The molecule has 7 nitrogen and oxygen atoms in total. The summed E-state index contributed by atoms with van der Waals surface area (Å²) < 4.78 is 10.6. The number of hydrogen-bond donors (Lipinski definition) is 3. The molecule has 0 saturated heterocycles. The van der Waals surface area contributed by atoms with Gasteiger partial charge in [0.25, 0.3) is 5.91 Å². The van der Waals surface area contributed by atoms with Crippen LogP contribution in [0.4, 0.5) is 5.69 Å². The molecule has 162 valence electrons. The van der Waals surface area contributed by atoms with Gasteiger partial charge in [0, 0.05) is 17.6 Å². The van der Waals surface area contributed by atoms with Crippen molar-refractivity contribution in [3.05, 3.63) is 89.7 Å². The molecule has 2 amide bonds. The van der Waals surface area contributed by atoms with Gasteiger partial charge in [-0.3, -0.25) is 9.59 Å². The number of nitrogens with one attached hydrogen (secondary N) is 2. The SMILES string of the molecule is COc1cc(CNC(=O)Cc2ccc(NC(=O)c3cc4ccccc4o3)cc2)ccc1O. The molecule has 0 unspecified atom stereocenters. The Bertz CT molecular complexity index is 1230. The number of phenols is 1. The molecular formula is C25H22N2O5. The maximum absolute atomic E-state index is 12.4. The first-order chi connectivity index (χ1) is 15.5. The monoisotopic (exact) mass is 430 g/mol. The highest BCUT2D eigenvalue weighted by Gasteiger charge is 2.12. The lowest BCUT2D eigenvalue weighted by molar-refractivity contribution is -0.120. The fraction of sp³-hybridized carbons (Fsp3) is 0.120. The Labute approximate surface area is 184 Å². The molecule has 3 aromatic carbocycles. The molecular weight excluding hydrogens is 408 g/mol. The zero-order chi connectivity index (χ0) is 22.5. The smallest absolute Gasteiger partial charge is 0.291 e. The summed E-state index contributed by atoms with van der Waals surface area (Å²) in [6.07, 6.45) is 0.201. The molecule has 0 atom stereocenters. The number of carbonyl (C=O) groups excluding carboxylic acids is 2. The molecule has 0 spiro atoms. The Morgan fingerprint density at radius 2 is 1.72 bits per heavy atom. The number of anilines is 1. The number of carbonyl (C=O) groups is 2. The van der Waals surface area contributed by atoms with Crippen LogP contribution >= 0.6 is 0 Å². The van der Waals surface area contributed by atoms with Crippen molar-refractivity contribution in [2.45, 2.75) is 13.0 Å². The minimum atomic E-state index is -0.337. The predicted octanol–water partition coefficient (Wildman–Crippen LogP) is 4.26. The van der Waals surface area contributed by atoms with Crippen LogP contribution in [0.25, 0.3) is 11.0 Å². The lowest BCUT2D eigenvalue weighted by atomic mass is 10.1. The fourth-order valence-corrected chi connectivity index (χ4v) is 3.27. The predicted molar refractivity (Wildman–Crippen MR) is 121 cm³/mol. The molecule has 0 radical (unpaired) electrons. The number of hydrogen-bond acceptors (Lipinski definition) is 5. The van der Waals surface area contributed by atoms with Crippen LogP contribution in [-0.4, -0.2) is 24.0 Å². The Morgan fingerprint density at radius 1 is 0.969 bits per heavy atom. The highest BCUT2D eigenvalue weighted by molar-refractivity contribution is 6.04. The first-order valence-electron chi connectivity index (χ1n) is 10.0. The fourth-order valence-electron chi connectivity index (χ4n) is 3.27. The zero-order valence-electron chi connectivity index (χ0n) is 17.4. The molecule has 1 heterocycles. The van der Waals surface area contributed by atoms with Crippen molar-refractivity contribution in [3.8, 4) is 11.5 Å². The molecule has 0 fully saturated rings. The van der Waals surface area contributed by atoms with Crippen molar-refractivity contribution in [2.75, 3.05) is 12.4 Å². The van der Waals surface area contributed by atoms with Crippen molar-refractivity contribution in [1.29, 1.82) is 0 Å². The van der Waals surface area contributed by atoms with Gasteiger partial charge in [-0.1, -0.05) is 36.4 Å². The summed E-state index contributed by atoms with van der Waals surface area (Å²) in [6.45, 7) is 0.321. The van der Waals surface area contributed by atoms with Crippen LogP contribution in [0.1, 0.15) is 21.7 Å². The van der Waals surface area contributed by atoms with E-state index < -0.39 is 0 Å². The van der Waals surface area contributed by atoms with Gasteiger partial charge >= 0.3 is 0 Å². The van der Waals surface area contributed by atoms with Crippen LogP contribution in [0.3, 0.4) is 0 Å². The van der Waals surface area contributed by atoms with Gasteiger partial charge in [0.05, 0.1) is 13.5 Å². The van der Waals surface area contributed by atoms with Crippen LogP contribution in [-0.2, 0) is 17.8 Å². The van der Waals surface area contributed by atoms with Gasteiger partial charge in [0.1, 0.15) is 5.58 Å². The van der Waals surface area contributed by atoms with E-state index in [0.717, 1.165) is 16.5 Å². The van der Waals surface area contributed by atoms with Gasteiger partial charge in [-0.2, -0.15) is 0 Å². The number of furan rings is 1. The standard InChI is InChI=1S/C25H22N2O5/c1-31-22-12-17(8-11-20(22)28)15-26-24(29)13-16-6-9-19(10-7-16)27-25(30)23-14-18-4-2-3-5-21(18)32-23/h2-12,14,28H,13,15H2,1H3,(H,26,29)(H,27,30). The number of methoxy groups -OCH3 is 1. The summed E-state index contributed by atoms with van der Waals surface area (Å²) in [5.74, 6) is 0.166. The summed E-state index contributed by atoms with van der Waals surface area (Å²) in [6, 6.07) is 21.1. The van der Waals surface area contributed by atoms with E-state index in [9.17, 15) is 14.7 Å².